The van der Waals surface area contributed by atoms with Gasteiger partial charge in [0.1, 0.15) is 5.82 Å². The van der Waals surface area contributed by atoms with Gasteiger partial charge in [-0.25, -0.2) is 4.98 Å². The minimum absolute atomic E-state index is 0.0335. The van der Waals surface area contributed by atoms with E-state index in [1.165, 1.54) is 0 Å². The van der Waals surface area contributed by atoms with Crippen molar-refractivity contribution in [2.75, 3.05) is 62.7 Å². The second kappa shape index (κ2) is 7.91. The van der Waals surface area contributed by atoms with Crippen LogP contribution in [0.1, 0.15) is 19.3 Å². The monoisotopic (exact) mass is 399 g/mol. The first kappa shape index (κ1) is 18.8. The van der Waals surface area contributed by atoms with Gasteiger partial charge in [-0.1, -0.05) is 0 Å². The number of aromatic nitrogens is 1. The van der Waals surface area contributed by atoms with Gasteiger partial charge in [0.25, 0.3) is 0 Å². The van der Waals surface area contributed by atoms with E-state index in [0.717, 1.165) is 70.8 Å². The first-order chi connectivity index (χ1) is 14.2. The van der Waals surface area contributed by atoms with E-state index in [4.69, 9.17) is 4.74 Å². The molecule has 4 fully saturated rings. The predicted molar refractivity (Wildman–Crippen MR) is 109 cm³/mol. The Labute approximate surface area is 171 Å². The number of pyridine rings is 1. The molecule has 2 amide bonds. The topological polar surface area (TPSA) is 78.0 Å². The maximum absolute atomic E-state index is 12.7. The van der Waals surface area contributed by atoms with E-state index >= 15 is 0 Å². The van der Waals surface area contributed by atoms with Gasteiger partial charge in [0.15, 0.2) is 0 Å². The van der Waals surface area contributed by atoms with Crippen LogP contribution in [0.4, 0.5) is 11.5 Å². The van der Waals surface area contributed by atoms with Crippen LogP contribution in [0, 0.1) is 11.8 Å². The fourth-order valence-electron chi connectivity index (χ4n) is 4.75. The average Bonchev–Trinajstić information content (AvgIpc) is 3.52. The lowest BCUT2D eigenvalue weighted by Gasteiger charge is -2.36. The Morgan fingerprint density at radius 1 is 1.03 bits per heavy atom. The summed E-state index contributed by atoms with van der Waals surface area (Å²) in [6.07, 6.45) is 4.81. The zero-order valence-corrected chi connectivity index (χ0v) is 16.8. The van der Waals surface area contributed by atoms with Gasteiger partial charge in [-0.15, -0.1) is 0 Å². The van der Waals surface area contributed by atoms with Crippen molar-refractivity contribution in [3.63, 3.8) is 0 Å². The Kier molecular flexibility index (Phi) is 5.13. The molecule has 0 spiro atoms. The molecule has 0 aromatic carbocycles. The highest BCUT2D eigenvalue weighted by atomic mass is 16.5. The molecule has 3 saturated heterocycles. The number of carbonyl (C=O) groups excluding carboxylic acids is 2. The van der Waals surface area contributed by atoms with Gasteiger partial charge in [-0.05, 0) is 37.9 Å². The van der Waals surface area contributed by atoms with E-state index in [9.17, 15) is 9.59 Å². The standard InChI is InChI=1S/C21H29N5O3/c27-20(17-5-6-25-11-12-29-14-18(17)25)23-19-4-3-16(13-22-19)24-7-9-26(10-8-24)21(28)15-1-2-15/h3-4,13,15,17-18H,1-2,5-12,14H2,(H,22,23,27). The first-order valence-electron chi connectivity index (χ1n) is 10.8. The van der Waals surface area contributed by atoms with Crippen LogP contribution in [0.25, 0.3) is 0 Å². The lowest BCUT2D eigenvalue weighted by atomic mass is 9.99. The molecule has 2 unspecified atom stereocenters. The molecule has 1 N–H and O–H groups in total. The maximum atomic E-state index is 12.7. The summed E-state index contributed by atoms with van der Waals surface area (Å²) >= 11 is 0. The highest BCUT2D eigenvalue weighted by molar-refractivity contribution is 5.92. The van der Waals surface area contributed by atoms with Crippen molar-refractivity contribution in [1.82, 2.24) is 14.8 Å². The van der Waals surface area contributed by atoms with Gasteiger partial charge in [0.05, 0.1) is 31.0 Å². The highest BCUT2D eigenvalue weighted by Crippen LogP contribution is 2.31. The number of hydrogen-bond acceptors (Lipinski definition) is 6. The van der Waals surface area contributed by atoms with Crippen LogP contribution < -0.4 is 10.2 Å². The van der Waals surface area contributed by atoms with Gasteiger partial charge in [0.2, 0.25) is 11.8 Å². The number of nitrogens with one attached hydrogen (secondary N) is 1. The molecular formula is C21H29N5O3. The number of hydrogen-bond donors (Lipinski definition) is 1. The van der Waals surface area contributed by atoms with Crippen molar-refractivity contribution >= 4 is 23.3 Å². The molecule has 3 aliphatic heterocycles. The van der Waals surface area contributed by atoms with E-state index in [1.54, 1.807) is 0 Å². The van der Waals surface area contributed by atoms with E-state index in [2.05, 4.69) is 20.1 Å². The molecule has 8 nitrogen and oxygen atoms in total. The molecule has 4 aliphatic rings. The Balaban J connectivity index is 1.14. The van der Waals surface area contributed by atoms with Crippen molar-refractivity contribution in [2.45, 2.75) is 25.3 Å². The van der Waals surface area contributed by atoms with Crippen molar-refractivity contribution in [3.8, 4) is 0 Å². The van der Waals surface area contributed by atoms with E-state index in [0.29, 0.717) is 24.2 Å². The summed E-state index contributed by atoms with van der Waals surface area (Å²) in [4.78, 5) is 36.0. The van der Waals surface area contributed by atoms with Crippen molar-refractivity contribution < 1.29 is 14.3 Å². The maximum Gasteiger partial charge on any atom is 0.230 e. The summed E-state index contributed by atoms with van der Waals surface area (Å²) in [5, 5.41) is 2.98. The largest absolute Gasteiger partial charge is 0.378 e. The number of morpholine rings is 1. The van der Waals surface area contributed by atoms with Crippen LogP contribution in [-0.4, -0.2) is 85.1 Å². The molecule has 0 radical (unpaired) electrons. The number of ether oxygens (including phenoxy) is 1. The molecule has 1 aliphatic carbocycles. The molecule has 4 heterocycles. The minimum atomic E-state index is -0.0335. The van der Waals surface area contributed by atoms with Crippen molar-refractivity contribution in [2.24, 2.45) is 11.8 Å². The summed E-state index contributed by atoms with van der Waals surface area (Å²) in [6.45, 7) is 6.48. The van der Waals surface area contributed by atoms with Crippen LogP contribution in [-0.2, 0) is 14.3 Å². The molecule has 2 atom stereocenters. The van der Waals surface area contributed by atoms with E-state index < -0.39 is 0 Å². The van der Waals surface area contributed by atoms with Crippen LogP contribution in [0.2, 0.25) is 0 Å². The van der Waals surface area contributed by atoms with Gasteiger partial charge >= 0.3 is 0 Å². The van der Waals surface area contributed by atoms with Gasteiger partial charge in [-0.3, -0.25) is 14.5 Å². The predicted octanol–water partition coefficient (Wildman–Crippen LogP) is 0.799. The summed E-state index contributed by atoms with van der Waals surface area (Å²) in [5.41, 5.74) is 1.04. The molecule has 1 aromatic heterocycles. The molecule has 0 bridgehead atoms. The van der Waals surface area contributed by atoms with E-state index in [1.807, 2.05) is 23.2 Å². The average molecular weight is 399 g/mol. The Bertz CT molecular complexity index is 758. The Morgan fingerprint density at radius 2 is 1.86 bits per heavy atom. The summed E-state index contributed by atoms with van der Waals surface area (Å²) < 4.78 is 5.57. The van der Waals surface area contributed by atoms with Crippen LogP contribution in [0.15, 0.2) is 18.3 Å². The number of anilines is 2. The Morgan fingerprint density at radius 3 is 2.59 bits per heavy atom. The molecule has 156 valence electrons. The molecule has 29 heavy (non-hydrogen) atoms. The molecule has 8 heteroatoms. The lowest BCUT2D eigenvalue weighted by molar-refractivity contribution is -0.132. The molecule has 1 aromatic rings. The molecule has 5 rings (SSSR count). The third kappa shape index (κ3) is 3.96. The quantitative estimate of drug-likeness (QED) is 0.807. The number of amides is 2. The van der Waals surface area contributed by atoms with Crippen LogP contribution in [0.5, 0.6) is 0 Å². The lowest BCUT2D eigenvalue weighted by Crippen LogP contribution is -2.49. The zero-order valence-electron chi connectivity index (χ0n) is 16.8. The van der Waals surface area contributed by atoms with Crippen LogP contribution >= 0.6 is 0 Å². The number of rotatable bonds is 4. The summed E-state index contributed by atoms with van der Waals surface area (Å²) in [6, 6.07) is 4.07. The highest BCUT2D eigenvalue weighted by Gasteiger charge is 2.40. The van der Waals surface area contributed by atoms with Gasteiger partial charge in [0, 0.05) is 44.7 Å². The normalized spacial score (nSPS) is 27.6. The Hall–Kier alpha value is -2.19. The van der Waals surface area contributed by atoms with Gasteiger partial charge in [-0.2, -0.15) is 0 Å². The van der Waals surface area contributed by atoms with Crippen molar-refractivity contribution in [3.05, 3.63) is 18.3 Å². The molecule has 1 saturated carbocycles. The second-order valence-electron chi connectivity index (χ2n) is 8.55. The summed E-state index contributed by atoms with van der Waals surface area (Å²) in [7, 11) is 0. The molecular weight excluding hydrogens is 370 g/mol. The third-order valence-corrected chi connectivity index (χ3v) is 6.69. The SMILES string of the molecule is O=C(Nc1ccc(N2CCN(C(=O)C3CC3)CC2)cn1)C1CCN2CCOCC12. The minimum Gasteiger partial charge on any atom is -0.378 e. The van der Waals surface area contributed by atoms with Gasteiger partial charge < -0.3 is 19.9 Å². The van der Waals surface area contributed by atoms with Crippen LogP contribution in [0.3, 0.4) is 0 Å². The van der Waals surface area contributed by atoms with E-state index in [-0.39, 0.29) is 17.9 Å². The van der Waals surface area contributed by atoms with Crippen molar-refractivity contribution in [1.29, 1.82) is 0 Å². The number of piperazine rings is 1. The second-order valence-corrected chi connectivity index (χ2v) is 8.55. The smallest absolute Gasteiger partial charge is 0.230 e. The number of nitrogens with zero attached hydrogens (tertiary/aromatic N) is 4. The fraction of sp³-hybridized carbons (Fsp3) is 0.667. The zero-order chi connectivity index (χ0) is 19.8. The first-order valence-corrected chi connectivity index (χ1v) is 10.8. The number of carbonyl (C=O) groups is 2. The third-order valence-electron chi connectivity index (χ3n) is 6.69. The number of fused-ring (bicyclic) bond motifs is 1. The fourth-order valence-corrected chi connectivity index (χ4v) is 4.75. The summed E-state index contributed by atoms with van der Waals surface area (Å²) in [5.74, 6) is 1.22.